The van der Waals surface area contributed by atoms with Gasteiger partial charge in [-0.05, 0) is 34.5 Å². The van der Waals surface area contributed by atoms with Crippen LogP contribution in [-0.4, -0.2) is 24.5 Å². The van der Waals surface area contributed by atoms with Crippen LogP contribution >= 0.6 is 27.7 Å². The van der Waals surface area contributed by atoms with Crippen LogP contribution in [0, 0.1) is 0 Å². The van der Waals surface area contributed by atoms with Gasteiger partial charge in [-0.25, -0.2) is 9.78 Å². The summed E-state index contributed by atoms with van der Waals surface area (Å²) in [7, 11) is 1.57. The summed E-state index contributed by atoms with van der Waals surface area (Å²) in [5.74, 6) is -0.303. The lowest BCUT2D eigenvalue weighted by molar-refractivity contribution is 0.0969. The number of hydrogen-bond acceptors (Lipinski definition) is 5. The van der Waals surface area contributed by atoms with Gasteiger partial charge in [-0.15, -0.1) is 11.8 Å². The molecule has 0 aliphatic carbocycles. The van der Waals surface area contributed by atoms with Crippen LogP contribution < -0.4 is 11.2 Å². The molecule has 0 radical (unpaired) electrons. The van der Waals surface area contributed by atoms with E-state index in [1.165, 1.54) is 4.57 Å². The quantitative estimate of drug-likeness (QED) is 0.190. The van der Waals surface area contributed by atoms with Crippen molar-refractivity contribution in [1.82, 2.24) is 18.7 Å². The van der Waals surface area contributed by atoms with Gasteiger partial charge in [0.15, 0.2) is 21.7 Å². The molecule has 4 rings (SSSR count). The number of aromatic nitrogens is 4. The molecule has 9 heteroatoms. The fourth-order valence-corrected chi connectivity index (χ4v) is 5.74. The summed E-state index contributed by atoms with van der Waals surface area (Å²) in [6.45, 7) is 1.75. The van der Waals surface area contributed by atoms with Gasteiger partial charge in [-0.2, -0.15) is 0 Å². The molecule has 7 nitrogen and oxygen atoms in total. The van der Waals surface area contributed by atoms with Crippen molar-refractivity contribution < 1.29 is 4.79 Å². The van der Waals surface area contributed by atoms with Gasteiger partial charge in [0, 0.05) is 17.5 Å². The third-order valence-electron chi connectivity index (χ3n) is 5.37. The number of benzene rings is 2. The maximum Gasteiger partial charge on any atom is 0.332 e. The van der Waals surface area contributed by atoms with Gasteiger partial charge in [0.2, 0.25) is 0 Å². The first-order chi connectivity index (χ1) is 15.9. The summed E-state index contributed by atoms with van der Waals surface area (Å²) in [5, 5.41) is -0.125. The largest absolute Gasteiger partial charge is 0.332 e. The van der Waals surface area contributed by atoms with Gasteiger partial charge in [-0.1, -0.05) is 61.9 Å². The van der Waals surface area contributed by atoms with Gasteiger partial charge < -0.3 is 0 Å². The second kappa shape index (κ2) is 9.93. The van der Waals surface area contributed by atoms with E-state index in [1.807, 2.05) is 41.0 Å². The highest BCUT2D eigenvalue weighted by molar-refractivity contribution is 9.10. The Labute approximate surface area is 203 Å². The number of aryl methyl sites for hydroxylation is 1. The van der Waals surface area contributed by atoms with E-state index in [9.17, 15) is 14.4 Å². The number of thioether (sulfide) groups is 1. The van der Waals surface area contributed by atoms with Crippen molar-refractivity contribution in [2.45, 2.75) is 36.6 Å². The van der Waals surface area contributed by atoms with Crippen molar-refractivity contribution in [2.75, 3.05) is 0 Å². The molecule has 0 spiro atoms. The average molecular weight is 527 g/mol. The third kappa shape index (κ3) is 4.60. The normalized spacial score (nSPS) is 12.2. The molecule has 2 aromatic heterocycles. The zero-order valence-electron chi connectivity index (χ0n) is 18.3. The van der Waals surface area contributed by atoms with E-state index in [2.05, 4.69) is 27.8 Å². The lowest BCUT2D eigenvalue weighted by atomic mass is 10.1. The molecule has 0 N–H and O–H groups in total. The molecule has 1 unspecified atom stereocenters. The molecule has 0 amide bonds. The highest BCUT2D eigenvalue weighted by Gasteiger charge is 2.25. The molecular weight excluding hydrogens is 504 g/mol. The molecule has 33 heavy (non-hydrogen) atoms. The molecule has 0 bridgehead atoms. The molecule has 0 aliphatic rings. The van der Waals surface area contributed by atoms with Crippen LogP contribution in [0.25, 0.3) is 11.2 Å². The number of Topliss-reactive ketones (excluding diaryl/α,β-unsaturated/α-hetero) is 1. The summed E-state index contributed by atoms with van der Waals surface area (Å²) in [5.41, 5.74) is -0.0615. The lowest BCUT2D eigenvalue weighted by Crippen LogP contribution is -2.41. The Morgan fingerprint density at radius 2 is 1.70 bits per heavy atom. The number of fused-ring (bicyclic) bond motifs is 1. The summed E-state index contributed by atoms with van der Waals surface area (Å²) in [4.78, 5) is 44.9. The van der Waals surface area contributed by atoms with Crippen LogP contribution in [0.2, 0.25) is 0 Å². The standard InChI is InChI=1S/C24H23BrN4O3S/c1-3-10-19(33-17-13-8-5-9-14-17)29-20-21(26-23(29)25)27(2)24(32)28(22(20)31)15-18(30)16-11-6-4-7-12-16/h4-9,11-14,19H,3,10,15H2,1-2H3. The number of nitrogens with zero attached hydrogens (tertiary/aromatic N) is 4. The molecule has 2 aromatic carbocycles. The van der Waals surface area contributed by atoms with Crippen LogP contribution in [0.1, 0.15) is 35.5 Å². The van der Waals surface area contributed by atoms with Crippen LogP contribution in [-0.2, 0) is 13.6 Å². The van der Waals surface area contributed by atoms with Crippen LogP contribution in [0.3, 0.4) is 0 Å². The number of hydrogen-bond donors (Lipinski definition) is 0. The predicted octanol–water partition coefficient (Wildman–Crippen LogP) is 4.63. The molecule has 4 aromatic rings. The van der Waals surface area contributed by atoms with E-state index in [0.29, 0.717) is 15.8 Å². The second-order valence-corrected chi connectivity index (χ2v) is 9.58. The molecule has 0 saturated heterocycles. The number of halogens is 1. The first-order valence-electron chi connectivity index (χ1n) is 10.6. The molecular formula is C24H23BrN4O3S. The number of carbonyl (C=O) groups excluding carboxylic acids is 1. The monoisotopic (exact) mass is 526 g/mol. The predicted molar refractivity (Wildman–Crippen MR) is 134 cm³/mol. The number of carbonyl (C=O) groups is 1. The zero-order valence-corrected chi connectivity index (χ0v) is 20.7. The molecule has 0 fully saturated rings. The minimum atomic E-state index is -0.573. The van der Waals surface area contributed by atoms with Crippen molar-refractivity contribution in [3.8, 4) is 0 Å². The van der Waals surface area contributed by atoms with Gasteiger partial charge in [0.25, 0.3) is 5.56 Å². The number of ketones is 1. The van der Waals surface area contributed by atoms with E-state index in [4.69, 9.17) is 0 Å². The van der Waals surface area contributed by atoms with Crippen molar-refractivity contribution >= 4 is 44.6 Å². The Morgan fingerprint density at radius 3 is 2.33 bits per heavy atom. The van der Waals surface area contributed by atoms with E-state index >= 15 is 0 Å². The average Bonchev–Trinajstić information content (AvgIpc) is 3.18. The topological polar surface area (TPSA) is 78.9 Å². The summed E-state index contributed by atoms with van der Waals surface area (Å²) in [6.07, 6.45) is 1.68. The van der Waals surface area contributed by atoms with Gasteiger partial charge >= 0.3 is 5.69 Å². The van der Waals surface area contributed by atoms with Gasteiger partial charge in [-0.3, -0.25) is 23.3 Å². The lowest BCUT2D eigenvalue weighted by Gasteiger charge is -2.19. The van der Waals surface area contributed by atoms with Crippen molar-refractivity contribution in [1.29, 1.82) is 0 Å². The SMILES string of the molecule is CCCC(Sc1ccccc1)n1c(Br)nc2c1c(=O)n(CC(=O)c1ccccc1)c(=O)n2C. The van der Waals surface area contributed by atoms with E-state index in [-0.39, 0.29) is 23.3 Å². The Morgan fingerprint density at radius 1 is 1.06 bits per heavy atom. The molecule has 2 heterocycles. The van der Waals surface area contributed by atoms with Gasteiger partial charge in [0.1, 0.15) is 0 Å². The number of rotatable bonds is 8. The Bertz CT molecular complexity index is 1410. The van der Waals surface area contributed by atoms with Gasteiger partial charge in [0.05, 0.1) is 11.9 Å². The van der Waals surface area contributed by atoms with Crippen molar-refractivity contribution in [3.05, 3.63) is 91.8 Å². The maximum absolute atomic E-state index is 13.6. The zero-order chi connectivity index (χ0) is 23.5. The first kappa shape index (κ1) is 23.3. The minimum Gasteiger partial charge on any atom is -0.300 e. The highest BCUT2D eigenvalue weighted by Crippen LogP contribution is 2.38. The highest BCUT2D eigenvalue weighted by atomic mass is 79.9. The van der Waals surface area contributed by atoms with Crippen molar-refractivity contribution in [2.24, 2.45) is 7.05 Å². The maximum atomic E-state index is 13.6. The van der Waals surface area contributed by atoms with E-state index in [1.54, 1.807) is 43.1 Å². The Hall–Kier alpha value is -2.91. The fraction of sp³-hybridized carbons (Fsp3) is 0.250. The molecule has 0 aliphatic heterocycles. The molecule has 170 valence electrons. The molecule has 0 saturated carbocycles. The van der Waals surface area contributed by atoms with Crippen LogP contribution in [0.4, 0.5) is 0 Å². The minimum absolute atomic E-state index is 0.125. The Kier molecular flexibility index (Phi) is 6.99. The van der Waals surface area contributed by atoms with Crippen molar-refractivity contribution in [3.63, 3.8) is 0 Å². The summed E-state index contributed by atoms with van der Waals surface area (Å²) in [6, 6.07) is 18.6. The van der Waals surface area contributed by atoms with E-state index in [0.717, 1.165) is 22.3 Å². The summed E-state index contributed by atoms with van der Waals surface area (Å²) < 4.78 is 4.63. The Balaban J connectivity index is 1.86. The fourth-order valence-electron chi connectivity index (χ4n) is 3.72. The third-order valence-corrected chi connectivity index (χ3v) is 7.19. The molecule has 1 atom stereocenters. The smallest absolute Gasteiger partial charge is 0.300 e. The van der Waals surface area contributed by atoms with Crippen LogP contribution in [0.5, 0.6) is 0 Å². The summed E-state index contributed by atoms with van der Waals surface area (Å²) >= 11 is 5.13. The first-order valence-corrected chi connectivity index (χ1v) is 12.3. The van der Waals surface area contributed by atoms with E-state index < -0.39 is 11.2 Å². The number of imidazole rings is 1. The van der Waals surface area contributed by atoms with Crippen LogP contribution in [0.15, 0.2) is 79.9 Å². The second-order valence-electron chi connectivity index (χ2n) is 7.62.